The lowest BCUT2D eigenvalue weighted by atomic mass is 9.95. The van der Waals surface area contributed by atoms with E-state index in [2.05, 4.69) is 10.3 Å². The summed E-state index contributed by atoms with van der Waals surface area (Å²) < 4.78 is 5.72. The van der Waals surface area contributed by atoms with Crippen LogP contribution in [0.5, 0.6) is 0 Å². The molecule has 2 aromatic rings. The van der Waals surface area contributed by atoms with Gasteiger partial charge in [-0.3, -0.25) is 9.78 Å². The first-order chi connectivity index (χ1) is 14.5. The highest BCUT2D eigenvalue weighted by molar-refractivity contribution is 7.17. The molecule has 0 saturated carbocycles. The zero-order valence-corrected chi connectivity index (χ0v) is 18.0. The topological polar surface area (TPSA) is 97.6 Å². The lowest BCUT2D eigenvalue weighted by Crippen LogP contribution is -2.34. The third kappa shape index (κ3) is 4.59. The number of anilines is 2. The van der Waals surface area contributed by atoms with Crippen molar-refractivity contribution in [2.24, 2.45) is 0 Å². The summed E-state index contributed by atoms with van der Waals surface area (Å²) in [6, 6.07) is 3.86. The second kappa shape index (κ2) is 9.04. The number of hydrogen-bond acceptors (Lipinski definition) is 6. The van der Waals surface area contributed by atoms with Gasteiger partial charge in [-0.25, -0.2) is 4.79 Å². The Morgan fingerprint density at radius 3 is 2.93 bits per heavy atom. The van der Waals surface area contributed by atoms with Crippen molar-refractivity contribution in [3.63, 3.8) is 0 Å². The van der Waals surface area contributed by atoms with Crippen LogP contribution in [0.4, 0.5) is 15.5 Å². The number of nitrogens with zero attached hydrogens (tertiary/aromatic N) is 2. The van der Waals surface area contributed by atoms with Gasteiger partial charge in [-0.15, -0.1) is 11.3 Å². The summed E-state index contributed by atoms with van der Waals surface area (Å²) in [7, 11) is 0. The number of nitrogen functional groups attached to an aromatic ring is 1. The van der Waals surface area contributed by atoms with Crippen LogP contribution in [0.3, 0.4) is 0 Å². The SMILES string of the molecule is CC(CC(=O)Nc1sc2c(c1N)CCC(OC(=O)N1CCCC1)C2)c1cccnc1. The molecule has 3 heterocycles. The first kappa shape index (κ1) is 20.7. The molecule has 7 nitrogen and oxygen atoms in total. The molecule has 4 rings (SSSR count). The number of aromatic nitrogens is 1. The van der Waals surface area contributed by atoms with Crippen molar-refractivity contribution >= 4 is 34.0 Å². The predicted molar refractivity (Wildman–Crippen MR) is 118 cm³/mol. The lowest BCUT2D eigenvalue weighted by Gasteiger charge is -2.25. The molecule has 8 heteroatoms. The van der Waals surface area contributed by atoms with Crippen molar-refractivity contribution in [2.45, 2.75) is 57.5 Å². The molecule has 2 atom stereocenters. The zero-order valence-electron chi connectivity index (χ0n) is 17.2. The molecule has 1 aliphatic carbocycles. The molecule has 0 bridgehead atoms. The Morgan fingerprint density at radius 2 is 2.20 bits per heavy atom. The summed E-state index contributed by atoms with van der Waals surface area (Å²) in [4.78, 5) is 31.9. The number of likely N-dealkylation sites (tertiary alicyclic amines) is 1. The van der Waals surface area contributed by atoms with Crippen molar-refractivity contribution in [2.75, 3.05) is 24.1 Å². The fourth-order valence-corrected chi connectivity index (χ4v) is 5.38. The lowest BCUT2D eigenvalue weighted by molar-refractivity contribution is -0.116. The molecule has 30 heavy (non-hydrogen) atoms. The number of amides is 2. The van der Waals surface area contributed by atoms with Crippen LogP contribution in [0.25, 0.3) is 0 Å². The maximum atomic E-state index is 12.6. The van der Waals surface area contributed by atoms with E-state index in [0.717, 1.165) is 54.8 Å². The van der Waals surface area contributed by atoms with Crippen molar-refractivity contribution in [3.05, 3.63) is 40.5 Å². The van der Waals surface area contributed by atoms with E-state index >= 15 is 0 Å². The van der Waals surface area contributed by atoms with Gasteiger partial charge in [0.05, 0.1) is 5.69 Å². The zero-order chi connectivity index (χ0) is 21.1. The summed E-state index contributed by atoms with van der Waals surface area (Å²) in [5, 5.41) is 3.69. The number of thiophene rings is 1. The van der Waals surface area contributed by atoms with E-state index in [1.165, 1.54) is 11.3 Å². The quantitative estimate of drug-likeness (QED) is 0.752. The van der Waals surface area contributed by atoms with Crippen LogP contribution < -0.4 is 11.1 Å². The fourth-order valence-electron chi connectivity index (χ4n) is 4.13. The Hall–Kier alpha value is -2.61. The molecule has 3 N–H and O–H groups in total. The highest BCUT2D eigenvalue weighted by atomic mass is 32.1. The second-order valence-corrected chi connectivity index (χ2v) is 9.23. The second-order valence-electron chi connectivity index (χ2n) is 8.13. The number of carbonyl (C=O) groups is 2. The number of ether oxygens (including phenoxy) is 1. The number of pyridine rings is 1. The summed E-state index contributed by atoms with van der Waals surface area (Å²) in [6.07, 6.45) is 7.83. The largest absolute Gasteiger partial charge is 0.446 e. The van der Waals surface area contributed by atoms with Gasteiger partial charge in [0.2, 0.25) is 5.91 Å². The molecular formula is C22H28N4O3S. The van der Waals surface area contributed by atoms with Crippen LogP contribution in [-0.4, -0.2) is 41.1 Å². The molecular weight excluding hydrogens is 400 g/mol. The highest BCUT2D eigenvalue weighted by Crippen LogP contribution is 2.41. The van der Waals surface area contributed by atoms with Crippen LogP contribution in [0.1, 0.15) is 54.5 Å². The third-order valence-electron chi connectivity index (χ3n) is 5.89. The molecule has 1 aliphatic heterocycles. The van der Waals surface area contributed by atoms with Gasteiger partial charge < -0.3 is 20.7 Å². The molecule has 2 amide bonds. The van der Waals surface area contributed by atoms with Gasteiger partial charge in [0.25, 0.3) is 0 Å². The molecule has 2 unspecified atom stereocenters. The van der Waals surface area contributed by atoms with Gasteiger partial charge in [0.1, 0.15) is 11.1 Å². The number of carbonyl (C=O) groups excluding carboxylic acids is 2. The van der Waals surface area contributed by atoms with Gasteiger partial charge in [0, 0.05) is 43.2 Å². The van der Waals surface area contributed by atoms with Crippen LogP contribution in [-0.2, 0) is 22.4 Å². The van der Waals surface area contributed by atoms with E-state index in [4.69, 9.17) is 10.5 Å². The normalized spacial score (nSPS) is 19.2. The van der Waals surface area contributed by atoms with Gasteiger partial charge in [-0.2, -0.15) is 0 Å². The van der Waals surface area contributed by atoms with Crippen LogP contribution in [0, 0.1) is 0 Å². The molecule has 0 radical (unpaired) electrons. The van der Waals surface area contributed by atoms with E-state index in [0.29, 0.717) is 23.5 Å². The standard InChI is InChI=1S/C22H28N4O3S/c1-14(15-5-4-8-24-13-15)11-19(27)25-21-20(23)17-7-6-16(12-18(17)30-21)29-22(28)26-9-2-3-10-26/h4-5,8,13-14,16H,2-3,6-7,9-12,23H2,1H3,(H,25,27). The minimum absolute atomic E-state index is 0.0614. The van der Waals surface area contributed by atoms with E-state index < -0.39 is 0 Å². The third-order valence-corrected chi connectivity index (χ3v) is 7.08. The molecule has 0 aromatic carbocycles. The van der Waals surface area contributed by atoms with E-state index in [9.17, 15) is 9.59 Å². The summed E-state index contributed by atoms with van der Waals surface area (Å²) in [6.45, 7) is 3.59. The monoisotopic (exact) mass is 428 g/mol. The average molecular weight is 429 g/mol. The Kier molecular flexibility index (Phi) is 6.22. The molecule has 0 spiro atoms. The van der Waals surface area contributed by atoms with Gasteiger partial charge in [-0.1, -0.05) is 13.0 Å². The molecule has 2 aliphatic rings. The average Bonchev–Trinajstić information content (AvgIpc) is 3.38. The van der Waals surface area contributed by atoms with Gasteiger partial charge in [-0.05, 0) is 48.8 Å². The predicted octanol–water partition coefficient (Wildman–Crippen LogP) is 3.95. The van der Waals surface area contributed by atoms with Crippen LogP contribution in [0.15, 0.2) is 24.5 Å². The Labute approximate surface area is 180 Å². The van der Waals surface area contributed by atoms with Gasteiger partial charge in [0.15, 0.2) is 0 Å². The van der Waals surface area contributed by atoms with Gasteiger partial charge >= 0.3 is 6.09 Å². The number of fused-ring (bicyclic) bond motifs is 1. The van der Waals surface area contributed by atoms with Crippen LogP contribution in [0.2, 0.25) is 0 Å². The van der Waals surface area contributed by atoms with Crippen molar-refractivity contribution in [1.29, 1.82) is 0 Å². The summed E-state index contributed by atoms with van der Waals surface area (Å²) in [5.74, 6) is 0.0116. The number of rotatable bonds is 5. The smallest absolute Gasteiger partial charge is 0.410 e. The van der Waals surface area contributed by atoms with E-state index in [-0.39, 0.29) is 24.0 Å². The molecule has 160 valence electrons. The maximum absolute atomic E-state index is 12.6. The first-order valence-electron chi connectivity index (χ1n) is 10.6. The summed E-state index contributed by atoms with van der Waals surface area (Å²) >= 11 is 1.50. The van der Waals surface area contributed by atoms with E-state index in [1.54, 1.807) is 17.3 Å². The number of hydrogen-bond donors (Lipinski definition) is 2. The Balaban J connectivity index is 1.36. The minimum atomic E-state index is -0.205. The van der Waals surface area contributed by atoms with Crippen molar-refractivity contribution in [1.82, 2.24) is 9.88 Å². The Morgan fingerprint density at radius 1 is 1.40 bits per heavy atom. The Bertz CT molecular complexity index is 909. The summed E-state index contributed by atoms with van der Waals surface area (Å²) in [5.41, 5.74) is 9.11. The molecule has 1 fully saturated rings. The highest BCUT2D eigenvalue weighted by Gasteiger charge is 2.29. The van der Waals surface area contributed by atoms with Crippen LogP contribution >= 0.6 is 11.3 Å². The minimum Gasteiger partial charge on any atom is -0.446 e. The van der Waals surface area contributed by atoms with E-state index in [1.807, 2.05) is 19.1 Å². The maximum Gasteiger partial charge on any atom is 0.410 e. The first-order valence-corrected chi connectivity index (χ1v) is 11.4. The van der Waals surface area contributed by atoms with Crippen molar-refractivity contribution in [3.8, 4) is 0 Å². The molecule has 2 aromatic heterocycles. The fraction of sp³-hybridized carbons (Fsp3) is 0.500. The number of nitrogens with one attached hydrogen (secondary N) is 1. The molecule has 1 saturated heterocycles. The van der Waals surface area contributed by atoms with Crippen molar-refractivity contribution < 1.29 is 14.3 Å². The number of nitrogens with two attached hydrogens (primary N) is 1.